The fourth-order valence-electron chi connectivity index (χ4n) is 0.631. The van der Waals surface area contributed by atoms with Crippen molar-refractivity contribution < 1.29 is 14.1 Å². The fourth-order valence-corrected chi connectivity index (χ4v) is 0.631. The number of hydrogen-bond acceptors (Lipinski definition) is 2. The maximum Gasteiger partial charge on any atom is 0.283 e. The SMILES string of the molecule is C[N+](C)(C)C(C=O)C(N)=O. The fraction of sp³-hybridized carbons (Fsp3) is 0.667. The van der Waals surface area contributed by atoms with Gasteiger partial charge in [-0.25, -0.2) is 0 Å². The van der Waals surface area contributed by atoms with Gasteiger partial charge in [0.15, 0.2) is 6.29 Å². The van der Waals surface area contributed by atoms with Gasteiger partial charge < -0.3 is 10.2 Å². The van der Waals surface area contributed by atoms with Crippen molar-refractivity contribution in [2.45, 2.75) is 6.04 Å². The number of nitrogens with two attached hydrogens (primary N) is 1. The molecule has 0 aromatic carbocycles. The molecule has 0 radical (unpaired) electrons. The van der Waals surface area contributed by atoms with Crippen LogP contribution in [-0.4, -0.2) is 43.9 Å². The van der Waals surface area contributed by atoms with Crippen LogP contribution in [0.25, 0.3) is 0 Å². The first kappa shape index (κ1) is 9.10. The third kappa shape index (κ3) is 2.14. The molecule has 0 saturated carbocycles. The number of hydrogen-bond donors (Lipinski definition) is 1. The van der Waals surface area contributed by atoms with Gasteiger partial charge in [-0.3, -0.25) is 9.59 Å². The number of aldehydes is 1. The van der Waals surface area contributed by atoms with E-state index in [1.54, 1.807) is 21.1 Å². The summed E-state index contributed by atoms with van der Waals surface area (Å²) in [5.41, 5.74) is 4.95. The molecule has 0 bridgehead atoms. The summed E-state index contributed by atoms with van der Waals surface area (Å²) in [5.74, 6) is -0.581. The smallest absolute Gasteiger partial charge is 0.283 e. The molecule has 0 aromatic rings. The molecule has 4 nitrogen and oxygen atoms in total. The lowest BCUT2D eigenvalue weighted by atomic mass is 10.2. The molecule has 0 saturated heterocycles. The highest BCUT2D eigenvalue weighted by Gasteiger charge is 2.28. The maximum absolute atomic E-state index is 10.6. The monoisotopic (exact) mass is 145 g/mol. The third-order valence-electron chi connectivity index (χ3n) is 1.25. The minimum absolute atomic E-state index is 0.249. The predicted octanol–water partition coefficient (Wildman–Crippen LogP) is -1.25. The molecule has 10 heavy (non-hydrogen) atoms. The zero-order chi connectivity index (χ0) is 8.36. The third-order valence-corrected chi connectivity index (χ3v) is 1.25. The van der Waals surface area contributed by atoms with Crippen LogP contribution >= 0.6 is 0 Å². The van der Waals surface area contributed by atoms with Gasteiger partial charge in [-0.05, 0) is 0 Å². The lowest BCUT2D eigenvalue weighted by Crippen LogP contribution is -2.53. The number of primary amides is 1. The van der Waals surface area contributed by atoms with E-state index >= 15 is 0 Å². The van der Waals surface area contributed by atoms with E-state index in [-0.39, 0.29) is 4.48 Å². The molecular formula is C6H13N2O2+. The average Bonchev–Trinajstić information content (AvgIpc) is 1.60. The molecule has 0 aliphatic rings. The minimum atomic E-state index is -0.736. The van der Waals surface area contributed by atoms with Gasteiger partial charge >= 0.3 is 0 Å². The van der Waals surface area contributed by atoms with E-state index in [0.29, 0.717) is 6.29 Å². The first-order valence-corrected chi connectivity index (χ1v) is 2.95. The molecular weight excluding hydrogens is 132 g/mol. The van der Waals surface area contributed by atoms with Crippen LogP contribution in [0.4, 0.5) is 0 Å². The Labute approximate surface area is 60.2 Å². The van der Waals surface area contributed by atoms with Gasteiger partial charge in [0.1, 0.15) is 0 Å². The standard InChI is InChI=1S/C6H12N2O2/c1-8(2,3)5(4-9)6(7)10/h4-5H,1-3H3,(H-,7,10)/p+1. The molecule has 0 aliphatic heterocycles. The van der Waals surface area contributed by atoms with Crippen LogP contribution in [0.15, 0.2) is 0 Å². The molecule has 0 fully saturated rings. The van der Waals surface area contributed by atoms with E-state index in [2.05, 4.69) is 0 Å². The average molecular weight is 145 g/mol. The van der Waals surface area contributed by atoms with E-state index in [4.69, 9.17) is 5.73 Å². The predicted molar refractivity (Wildman–Crippen MR) is 37.1 cm³/mol. The number of carbonyl (C=O) groups excluding carboxylic acids is 2. The van der Waals surface area contributed by atoms with Crippen LogP contribution in [0.2, 0.25) is 0 Å². The topological polar surface area (TPSA) is 60.2 Å². The van der Waals surface area contributed by atoms with E-state index in [1.807, 2.05) is 0 Å². The quantitative estimate of drug-likeness (QED) is 0.306. The van der Waals surface area contributed by atoms with Crippen molar-refractivity contribution >= 4 is 12.2 Å². The summed E-state index contributed by atoms with van der Waals surface area (Å²) in [6.07, 6.45) is 0.572. The van der Waals surface area contributed by atoms with Crippen molar-refractivity contribution in [2.75, 3.05) is 21.1 Å². The van der Waals surface area contributed by atoms with Gasteiger partial charge in [0.05, 0.1) is 21.1 Å². The van der Waals surface area contributed by atoms with Crippen LogP contribution in [0.3, 0.4) is 0 Å². The summed E-state index contributed by atoms with van der Waals surface area (Å²) in [7, 11) is 5.22. The summed E-state index contributed by atoms with van der Waals surface area (Å²) in [6.45, 7) is 0. The Kier molecular flexibility index (Phi) is 2.54. The zero-order valence-corrected chi connectivity index (χ0v) is 6.50. The first-order chi connectivity index (χ1) is 4.39. The van der Waals surface area contributed by atoms with E-state index in [1.165, 1.54) is 0 Å². The number of carbonyl (C=O) groups is 2. The van der Waals surface area contributed by atoms with Gasteiger partial charge in [-0.2, -0.15) is 0 Å². The van der Waals surface area contributed by atoms with Crippen LogP contribution in [0, 0.1) is 0 Å². The Morgan fingerprint density at radius 3 is 1.90 bits per heavy atom. The van der Waals surface area contributed by atoms with Crippen molar-refractivity contribution in [3.8, 4) is 0 Å². The first-order valence-electron chi connectivity index (χ1n) is 2.95. The van der Waals surface area contributed by atoms with E-state index < -0.39 is 11.9 Å². The number of likely N-dealkylation sites (N-methyl/N-ethyl adjacent to an activating group) is 1. The van der Waals surface area contributed by atoms with Crippen LogP contribution in [0.5, 0.6) is 0 Å². The Morgan fingerprint density at radius 1 is 1.50 bits per heavy atom. The zero-order valence-electron chi connectivity index (χ0n) is 6.50. The number of amides is 1. The minimum Gasteiger partial charge on any atom is -0.364 e. The highest BCUT2D eigenvalue weighted by molar-refractivity contribution is 5.93. The Morgan fingerprint density at radius 2 is 1.90 bits per heavy atom. The summed E-state index contributed by atoms with van der Waals surface area (Å²) < 4.78 is 0.249. The highest BCUT2D eigenvalue weighted by atomic mass is 16.2. The molecule has 4 heteroatoms. The Hall–Kier alpha value is -0.900. The van der Waals surface area contributed by atoms with Gasteiger partial charge in [-0.1, -0.05) is 0 Å². The van der Waals surface area contributed by atoms with Crippen LogP contribution in [-0.2, 0) is 9.59 Å². The molecule has 1 unspecified atom stereocenters. The molecule has 0 spiro atoms. The van der Waals surface area contributed by atoms with E-state index in [0.717, 1.165) is 0 Å². The highest BCUT2D eigenvalue weighted by Crippen LogP contribution is 1.97. The van der Waals surface area contributed by atoms with Gasteiger partial charge in [0.2, 0.25) is 6.04 Å². The lowest BCUT2D eigenvalue weighted by Gasteiger charge is -2.27. The second-order valence-corrected chi connectivity index (χ2v) is 3.10. The maximum atomic E-state index is 10.6. The van der Waals surface area contributed by atoms with Crippen molar-refractivity contribution in [3.05, 3.63) is 0 Å². The van der Waals surface area contributed by atoms with Crippen molar-refractivity contribution in [3.63, 3.8) is 0 Å². The normalized spacial score (nSPS) is 14.3. The van der Waals surface area contributed by atoms with Gasteiger partial charge in [-0.15, -0.1) is 0 Å². The molecule has 0 aromatic heterocycles. The second-order valence-electron chi connectivity index (χ2n) is 3.10. The molecule has 2 N–H and O–H groups in total. The molecule has 0 aliphatic carbocycles. The van der Waals surface area contributed by atoms with Gasteiger partial charge in [0.25, 0.3) is 5.91 Å². The molecule has 1 atom stereocenters. The summed E-state index contributed by atoms with van der Waals surface area (Å²) in [4.78, 5) is 20.8. The van der Waals surface area contributed by atoms with Crippen LogP contribution in [0.1, 0.15) is 0 Å². The molecule has 0 rings (SSSR count). The molecule has 58 valence electrons. The van der Waals surface area contributed by atoms with Crippen molar-refractivity contribution in [1.29, 1.82) is 0 Å². The number of quaternary nitrogens is 1. The van der Waals surface area contributed by atoms with Crippen molar-refractivity contribution in [2.24, 2.45) is 5.73 Å². The van der Waals surface area contributed by atoms with Gasteiger partial charge in [0, 0.05) is 0 Å². The summed E-state index contributed by atoms with van der Waals surface area (Å²) in [5, 5.41) is 0. The Bertz CT molecular complexity index is 148. The largest absolute Gasteiger partial charge is 0.364 e. The number of nitrogens with zero attached hydrogens (tertiary/aromatic N) is 1. The summed E-state index contributed by atoms with van der Waals surface area (Å²) >= 11 is 0. The second kappa shape index (κ2) is 2.79. The van der Waals surface area contributed by atoms with Crippen LogP contribution < -0.4 is 5.73 Å². The molecule has 0 heterocycles. The molecule has 1 amide bonds. The Balaban J connectivity index is 4.36. The van der Waals surface area contributed by atoms with Crippen molar-refractivity contribution in [1.82, 2.24) is 0 Å². The lowest BCUT2D eigenvalue weighted by molar-refractivity contribution is -0.876. The van der Waals surface area contributed by atoms with E-state index in [9.17, 15) is 9.59 Å². The summed E-state index contributed by atoms with van der Waals surface area (Å²) in [6, 6.07) is -0.736. The number of rotatable bonds is 3.